The Morgan fingerprint density at radius 1 is 1.43 bits per heavy atom. The molecule has 5 heteroatoms. The Morgan fingerprint density at radius 2 is 2.21 bits per heavy atom. The summed E-state index contributed by atoms with van der Waals surface area (Å²) in [5, 5.41) is 9.08. The zero-order valence-electron chi connectivity index (χ0n) is 7.07. The van der Waals surface area contributed by atoms with E-state index < -0.39 is 0 Å². The number of halogens is 1. The van der Waals surface area contributed by atoms with Crippen molar-refractivity contribution in [3.63, 3.8) is 0 Å². The van der Waals surface area contributed by atoms with E-state index in [-0.39, 0.29) is 11.6 Å². The van der Waals surface area contributed by atoms with Crippen molar-refractivity contribution >= 4 is 15.9 Å². The molecule has 0 unspecified atom stereocenters. The van der Waals surface area contributed by atoms with E-state index in [1.807, 2.05) is 12.1 Å². The molecule has 0 spiro atoms. The topological polar surface area (TPSA) is 58.0 Å². The number of aromatic amines is 1. The van der Waals surface area contributed by atoms with Crippen molar-refractivity contribution in [2.45, 2.75) is 0 Å². The predicted molar refractivity (Wildman–Crippen MR) is 55.8 cm³/mol. The van der Waals surface area contributed by atoms with Crippen molar-refractivity contribution in [1.82, 2.24) is 9.55 Å². The quantitative estimate of drug-likeness (QED) is 0.813. The van der Waals surface area contributed by atoms with E-state index in [2.05, 4.69) is 20.9 Å². The second kappa shape index (κ2) is 3.34. The summed E-state index contributed by atoms with van der Waals surface area (Å²) in [6.45, 7) is 0. The van der Waals surface area contributed by atoms with Crippen molar-refractivity contribution in [2.24, 2.45) is 0 Å². The molecule has 0 saturated carbocycles. The van der Waals surface area contributed by atoms with Gasteiger partial charge in [-0.1, -0.05) is 22.0 Å². The maximum Gasteiger partial charge on any atom is 0.332 e. The highest BCUT2D eigenvalue weighted by Crippen LogP contribution is 2.15. The number of aromatic hydroxyl groups is 1. The van der Waals surface area contributed by atoms with Gasteiger partial charge >= 0.3 is 5.69 Å². The average Bonchev–Trinajstić information content (AvgIpc) is 2.45. The van der Waals surface area contributed by atoms with Crippen molar-refractivity contribution in [3.8, 4) is 11.6 Å². The number of aromatic nitrogens is 2. The van der Waals surface area contributed by atoms with Crippen LogP contribution in [-0.4, -0.2) is 14.7 Å². The molecular weight excluding hydrogens is 248 g/mol. The molecule has 0 aliphatic rings. The second-order valence-corrected chi connectivity index (χ2v) is 3.71. The molecule has 0 radical (unpaired) electrons. The van der Waals surface area contributed by atoms with Gasteiger partial charge in [0, 0.05) is 4.47 Å². The van der Waals surface area contributed by atoms with Crippen LogP contribution in [0.5, 0.6) is 5.88 Å². The molecule has 1 aromatic carbocycles. The van der Waals surface area contributed by atoms with Gasteiger partial charge in [0.05, 0.1) is 11.9 Å². The summed E-state index contributed by atoms with van der Waals surface area (Å²) in [6.07, 6.45) is 1.34. The summed E-state index contributed by atoms with van der Waals surface area (Å²) in [6, 6.07) is 7.24. The molecule has 2 N–H and O–H groups in total. The number of benzene rings is 1. The van der Waals surface area contributed by atoms with Crippen molar-refractivity contribution in [3.05, 3.63) is 45.4 Å². The number of nitrogens with one attached hydrogen (secondary N) is 1. The summed E-state index contributed by atoms with van der Waals surface area (Å²) in [5.74, 6) is -0.144. The normalized spacial score (nSPS) is 10.4. The standard InChI is InChI=1S/C9H7BrN2O2/c10-6-2-1-3-7(4-6)12-5-8(13)11-9(12)14/h1-5,13H,(H,11,14). The Hall–Kier alpha value is -1.49. The van der Waals surface area contributed by atoms with Crippen molar-refractivity contribution in [1.29, 1.82) is 0 Å². The number of hydrogen-bond donors (Lipinski definition) is 2. The predicted octanol–water partition coefficient (Wildman–Crippen LogP) is 1.63. The van der Waals surface area contributed by atoms with E-state index in [4.69, 9.17) is 5.11 Å². The molecule has 0 atom stereocenters. The first-order valence-corrected chi connectivity index (χ1v) is 4.73. The zero-order valence-corrected chi connectivity index (χ0v) is 8.65. The minimum Gasteiger partial charge on any atom is -0.493 e. The fourth-order valence-electron chi connectivity index (χ4n) is 1.20. The van der Waals surface area contributed by atoms with Gasteiger partial charge < -0.3 is 5.11 Å². The van der Waals surface area contributed by atoms with Crippen LogP contribution in [0.25, 0.3) is 5.69 Å². The van der Waals surface area contributed by atoms with E-state index in [9.17, 15) is 4.79 Å². The molecule has 2 rings (SSSR count). The number of imidazole rings is 1. The van der Waals surface area contributed by atoms with Crippen LogP contribution in [0, 0.1) is 0 Å². The van der Waals surface area contributed by atoms with Gasteiger partial charge in [0.25, 0.3) is 0 Å². The van der Waals surface area contributed by atoms with Crippen LogP contribution < -0.4 is 5.69 Å². The minimum atomic E-state index is -0.361. The first-order chi connectivity index (χ1) is 6.66. The highest BCUT2D eigenvalue weighted by Gasteiger charge is 2.03. The molecule has 72 valence electrons. The molecule has 0 amide bonds. The molecule has 0 aliphatic heterocycles. The molecule has 4 nitrogen and oxygen atoms in total. The maximum absolute atomic E-state index is 11.3. The van der Waals surface area contributed by atoms with E-state index in [1.54, 1.807) is 12.1 Å². The zero-order chi connectivity index (χ0) is 10.1. The molecule has 0 bridgehead atoms. The van der Waals surface area contributed by atoms with Crippen LogP contribution in [0.4, 0.5) is 0 Å². The van der Waals surface area contributed by atoms with Crippen LogP contribution in [0.3, 0.4) is 0 Å². The second-order valence-electron chi connectivity index (χ2n) is 2.79. The van der Waals surface area contributed by atoms with E-state index in [1.165, 1.54) is 10.8 Å². The molecule has 2 aromatic rings. The van der Waals surface area contributed by atoms with Gasteiger partial charge in [0.2, 0.25) is 5.88 Å². The van der Waals surface area contributed by atoms with E-state index >= 15 is 0 Å². The van der Waals surface area contributed by atoms with Crippen LogP contribution in [0.15, 0.2) is 39.7 Å². The van der Waals surface area contributed by atoms with E-state index in [0.717, 1.165) is 4.47 Å². The SMILES string of the molecule is O=c1[nH]c(O)cn1-c1cccc(Br)c1. The highest BCUT2D eigenvalue weighted by molar-refractivity contribution is 9.10. The summed E-state index contributed by atoms with van der Waals surface area (Å²) in [4.78, 5) is 13.6. The van der Waals surface area contributed by atoms with Crippen molar-refractivity contribution in [2.75, 3.05) is 0 Å². The highest BCUT2D eigenvalue weighted by atomic mass is 79.9. The molecule has 0 aliphatic carbocycles. The largest absolute Gasteiger partial charge is 0.493 e. The molecule has 1 aromatic heterocycles. The minimum absolute atomic E-state index is 0.144. The number of nitrogens with zero attached hydrogens (tertiary/aromatic N) is 1. The van der Waals surface area contributed by atoms with Crippen LogP contribution >= 0.6 is 15.9 Å². The van der Waals surface area contributed by atoms with Gasteiger partial charge in [-0.05, 0) is 18.2 Å². The number of H-pyrrole nitrogens is 1. The van der Waals surface area contributed by atoms with Crippen LogP contribution in [-0.2, 0) is 0 Å². The Labute approximate surface area is 88.0 Å². The van der Waals surface area contributed by atoms with E-state index in [0.29, 0.717) is 5.69 Å². The Kier molecular flexibility index (Phi) is 2.17. The van der Waals surface area contributed by atoms with Crippen LogP contribution in [0.2, 0.25) is 0 Å². The van der Waals surface area contributed by atoms with Gasteiger partial charge in [-0.25, -0.2) is 4.79 Å². The van der Waals surface area contributed by atoms with Gasteiger partial charge in [-0.2, -0.15) is 0 Å². The monoisotopic (exact) mass is 254 g/mol. The average molecular weight is 255 g/mol. The molecule has 14 heavy (non-hydrogen) atoms. The first-order valence-electron chi connectivity index (χ1n) is 3.93. The summed E-state index contributed by atoms with van der Waals surface area (Å²) < 4.78 is 2.21. The fraction of sp³-hybridized carbons (Fsp3) is 0. The van der Waals surface area contributed by atoms with Gasteiger partial charge in [0.15, 0.2) is 0 Å². The smallest absolute Gasteiger partial charge is 0.332 e. The van der Waals surface area contributed by atoms with Crippen molar-refractivity contribution < 1.29 is 5.11 Å². The third-order valence-electron chi connectivity index (χ3n) is 1.79. The lowest BCUT2D eigenvalue weighted by molar-refractivity contribution is 0.455. The number of hydrogen-bond acceptors (Lipinski definition) is 2. The summed E-state index contributed by atoms with van der Waals surface area (Å²) >= 11 is 3.30. The maximum atomic E-state index is 11.3. The molecular formula is C9H7BrN2O2. The lowest BCUT2D eigenvalue weighted by Crippen LogP contribution is -2.13. The Bertz CT molecular complexity index is 516. The third-order valence-corrected chi connectivity index (χ3v) is 2.28. The first kappa shape index (κ1) is 9.08. The third kappa shape index (κ3) is 1.58. The van der Waals surface area contributed by atoms with Gasteiger partial charge in [0.1, 0.15) is 0 Å². The lowest BCUT2D eigenvalue weighted by Gasteiger charge is -1.99. The Balaban J connectivity index is 2.60. The summed E-state index contributed by atoms with van der Waals surface area (Å²) in [7, 11) is 0. The van der Waals surface area contributed by atoms with Crippen LogP contribution in [0.1, 0.15) is 0 Å². The lowest BCUT2D eigenvalue weighted by atomic mass is 10.3. The molecule has 0 saturated heterocycles. The van der Waals surface area contributed by atoms with Gasteiger partial charge in [-0.15, -0.1) is 0 Å². The fourth-order valence-corrected chi connectivity index (χ4v) is 1.59. The Morgan fingerprint density at radius 3 is 2.79 bits per heavy atom. The summed E-state index contributed by atoms with van der Waals surface area (Å²) in [5.41, 5.74) is 0.335. The van der Waals surface area contributed by atoms with Gasteiger partial charge in [-0.3, -0.25) is 9.55 Å². The number of rotatable bonds is 1. The molecule has 1 heterocycles. The molecule has 0 fully saturated rings.